The van der Waals surface area contributed by atoms with Gasteiger partial charge in [0.2, 0.25) is 5.91 Å². The number of ether oxygens (including phenoxy) is 1. The predicted molar refractivity (Wildman–Crippen MR) is 143 cm³/mol. The number of carbonyl (C=O) groups is 1. The van der Waals surface area contributed by atoms with E-state index in [-0.39, 0.29) is 30.2 Å². The van der Waals surface area contributed by atoms with Crippen LogP contribution >= 0.6 is 24.8 Å². The van der Waals surface area contributed by atoms with Gasteiger partial charge < -0.3 is 20.3 Å². The third-order valence-electron chi connectivity index (χ3n) is 8.48. The van der Waals surface area contributed by atoms with Gasteiger partial charge in [-0.15, -0.1) is 24.8 Å². The molecule has 1 aliphatic carbocycles. The molecule has 0 aromatic heterocycles. The van der Waals surface area contributed by atoms with Crippen molar-refractivity contribution in [1.29, 1.82) is 0 Å². The number of morpholine rings is 1. The van der Waals surface area contributed by atoms with Crippen LogP contribution in [0.3, 0.4) is 0 Å². The maximum absolute atomic E-state index is 13.5. The first kappa shape index (κ1) is 27.5. The standard InChI is InChI=1S/C26H40N4O2.2ClH/c31-25(28-11-4-14-30-13-3-6-21-5-1-2-7-24(21)30)26-10-8-23(29-15-17-32-18-16-29)19-22(26)9-12-27-20-26;;/h1-2,5,7,22-23,27H,3-4,6,8-20H2,(H,28,31);2*1H/t22-,23+,26-;;/m1../s1. The monoisotopic (exact) mass is 512 g/mol. The summed E-state index contributed by atoms with van der Waals surface area (Å²) in [5.41, 5.74) is 2.65. The van der Waals surface area contributed by atoms with E-state index in [1.54, 1.807) is 0 Å². The Morgan fingerprint density at radius 3 is 2.82 bits per heavy atom. The van der Waals surface area contributed by atoms with Crippen LogP contribution in [0.1, 0.15) is 44.1 Å². The van der Waals surface area contributed by atoms with Gasteiger partial charge in [0, 0.05) is 51.0 Å². The van der Waals surface area contributed by atoms with Gasteiger partial charge in [-0.25, -0.2) is 0 Å². The number of carbonyl (C=O) groups excluding carboxylic acids is 1. The average molecular weight is 514 g/mol. The molecule has 8 heteroatoms. The lowest BCUT2D eigenvalue weighted by atomic mass is 9.61. The van der Waals surface area contributed by atoms with Crippen molar-refractivity contribution in [3.8, 4) is 0 Å². The van der Waals surface area contributed by atoms with E-state index in [1.807, 2.05) is 0 Å². The first-order valence-corrected chi connectivity index (χ1v) is 12.9. The minimum atomic E-state index is -0.210. The molecule has 2 saturated heterocycles. The van der Waals surface area contributed by atoms with E-state index in [9.17, 15) is 4.79 Å². The Labute approximate surface area is 217 Å². The highest BCUT2D eigenvalue weighted by Crippen LogP contribution is 2.46. The zero-order valence-corrected chi connectivity index (χ0v) is 21.9. The van der Waals surface area contributed by atoms with Crippen molar-refractivity contribution in [2.45, 2.75) is 51.0 Å². The first-order valence-electron chi connectivity index (χ1n) is 12.9. The number of para-hydroxylation sites is 1. The molecule has 5 rings (SSSR count). The number of halogens is 2. The second-order valence-electron chi connectivity index (χ2n) is 10.2. The number of hydrogen-bond acceptors (Lipinski definition) is 5. The van der Waals surface area contributed by atoms with Gasteiger partial charge in [0.05, 0.1) is 18.6 Å². The fraction of sp³-hybridized carbons (Fsp3) is 0.731. The van der Waals surface area contributed by atoms with Crippen LogP contribution in [-0.2, 0) is 16.0 Å². The number of aryl methyl sites for hydroxylation is 1. The van der Waals surface area contributed by atoms with E-state index < -0.39 is 0 Å². The minimum absolute atomic E-state index is 0. The molecule has 1 saturated carbocycles. The molecular weight excluding hydrogens is 471 g/mol. The summed E-state index contributed by atoms with van der Waals surface area (Å²) in [7, 11) is 0. The summed E-state index contributed by atoms with van der Waals surface area (Å²) in [5.74, 6) is 0.800. The summed E-state index contributed by atoms with van der Waals surface area (Å²) in [6.45, 7) is 8.63. The maximum atomic E-state index is 13.5. The zero-order chi connectivity index (χ0) is 21.8. The van der Waals surface area contributed by atoms with Gasteiger partial charge in [0.15, 0.2) is 0 Å². The van der Waals surface area contributed by atoms with Crippen LogP contribution in [0.25, 0.3) is 0 Å². The van der Waals surface area contributed by atoms with Gasteiger partial charge in [0.1, 0.15) is 0 Å². The molecule has 0 radical (unpaired) electrons. The van der Waals surface area contributed by atoms with Crippen LogP contribution in [0.2, 0.25) is 0 Å². The van der Waals surface area contributed by atoms with E-state index in [1.165, 1.54) is 30.5 Å². The van der Waals surface area contributed by atoms with Crippen molar-refractivity contribution in [1.82, 2.24) is 15.5 Å². The van der Waals surface area contributed by atoms with Crippen LogP contribution in [0.5, 0.6) is 0 Å². The van der Waals surface area contributed by atoms with E-state index in [4.69, 9.17) is 4.74 Å². The van der Waals surface area contributed by atoms with Gasteiger partial charge in [0.25, 0.3) is 0 Å². The number of nitrogens with zero attached hydrogens (tertiary/aromatic N) is 2. The van der Waals surface area contributed by atoms with E-state index in [2.05, 4.69) is 44.7 Å². The summed E-state index contributed by atoms with van der Waals surface area (Å²) in [6, 6.07) is 9.41. The Hall–Kier alpha value is -1.05. The van der Waals surface area contributed by atoms with Crippen LogP contribution in [0.4, 0.5) is 5.69 Å². The molecule has 192 valence electrons. The smallest absolute Gasteiger partial charge is 0.227 e. The highest BCUT2D eigenvalue weighted by Gasteiger charge is 2.50. The van der Waals surface area contributed by atoms with Crippen molar-refractivity contribution >= 4 is 36.4 Å². The van der Waals surface area contributed by atoms with Gasteiger partial charge in [-0.3, -0.25) is 9.69 Å². The Morgan fingerprint density at radius 1 is 1.15 bits per heavy atom. The Morgan fingerprint density at radius 2 is 1.97 bits per heavy atom. The summed E-state index contributed by atoms with van der Waals surface area (Å²) in [4.78, 5) is 18.6. The molecule has 1 aromatic carbocycles. The summed E-state index contributed by atoms with van der Waals surface area (Å²) in [5, 5.41) is 6.91. The van der Waals surface area contributed by atoms with Gasteiger partial charge in [-0.2, -0.15) is 0 Å². The van der Waals surface area contributed by atoms with Crippen molar-refractivity contribution in [2.75, 3.05) is 63.9 Å². The fourth-order valence-electron chi connectivity index (χ4n) is 6.66. The van der Waals surface area contributed by atoms with Crippen LogP contribution in [0, 0.1) is 11.3 Å². The van der Waals surface area contributed by atoms with Crippen molar-refractivity contribution in [2.24, 2.45) is 11.3 Å². The highest BCUT2D eigenvalue weighted by molar-refractivity contribution is 5.85. The van der Waals surface area contributed by atoms with Gasteiger partial charge >= 0.3 is 0 Å². The quantitative estimate of drug-likeness (QED) is 0.572. The number of piperidine rings is 1. The SMILES string of the molecule is Cl.Cl.O=C(NCCCN1CCCc2ccccc21)[C@@]12CC[C@H](N3CCOCC3)C[C@H]1CCNC2. The molecular formula is C26H42Cl2N4O2. The van der Waals surface area contributed by atoms with Crippen molar-refractivity contribution in [3.05, 3.63) is 29.8 Å². The molecule has 3 atom stereocenters. The van der Waals surface area contributed by atoms with Gasteiger partial charge in [-0.1, -0.05) is 18.2 Å². The average Bonchev–Trinajstić information content (AvgIpc) is 2.86. The molecule has 1 amide bonds. The summed E-state index contributed by atoms with van der Waals surface area (Å²) < 4.78 is 5.55. The number of rotatable bonds is 6. The highest BCUT2D eigenvalue weighted by atomic mass is 35.5. The Kier molecular flexibility index (Phi) is 10.3. The van der Waals surface area contributed by atoms with Crippen molar-refractivity contribution in [3.63, 3.8) is 0 Å². The van der Waals surface area contributed by atoms with E-state index >= 15 is 0 Å². The number of hydrogen-bond donors (Lipinski definition) is 2. The van der Waals surface area contributed by atoms with E-state index in [0.717, 1.165) is 84.7 Å². The number of amides is 1. The summed E-state index contributed by atoms with van der Waals surface area (Å²) in [6.07, 6.45) is 7.85. The second-order valence-corrected chi connectivity index (χ2v) is 10.2. The maximum Gasteiger partial charge on any atom is 0.227 e. The third-order valence-corrected chi connectivity index (χ3v) is 8.48. The molecule has 1 aromatic rings. The molecule has 2 N–H and O–H groups in total. The van der Waals surface area contributed by atoms with Crippen LogP contribution in [-0.4, -0.2) is 75.9 Å². The summed E-state index contributed by atoms with van der Waals surface area (Å²) >= 11 is 0. The molecule has 3 aliphatic heterocycles. The Bertz CT molecular complexity index is 792. The topological polar surface area (TPSA) is 56.8 Å². The lowest BCUT2D eigenvalue weighted by molar-refractivity contribution is -0.140. The zero-order valence-electron chi connectivity index (χ0n) is 20.3. The molecule has 0 unspecified atom stereocenters. The van der Waals surface area contributed by atoms with Crippen LogP contribution in [0.15, 0.2) is 24.3 Å². The fourth-order valence-corrected chi connectivity index (χ4v) is 6.66. The number of benzene rings is 1. The molecule has 0 spiro atoms. The molecule has 0 bridgehead atoms. The predicted octanol–water partition coefficient (Wildman–Crippen LogP) is 3.27. The molecule has 6 nitrogen and oxygen atoms in total. The molecule has 3 fully saturated rings. The normalized spacial score (nSPS) is 29.1. The minimum Gasteiger partial charge on any atom is -0.379 e. The lowest BCUT2D eigenvalue weighted by Gasteiger charge is -2.51. The first-order chi connectivity index (χ1) is 15.8. The number of nitrogens with one attached hydrogen (secondary N) is 2. The third kappa shape index (κ3) is 5.84. The lowest BCUT2D eigenvalue weighted by Crippen LogP contribution is -2.60. The number of fused-ring (bicyclic) bond motifs is 2. The van der Waals surface area contributed by atoms with Crippen molar-refractivity contribution < 1.29 is 9.53 Å². The van der Waals surface area contributed by atoms with Gasteiger partial charge in [-0.05, 0) is 69.0 Å². The molecule has 3 heterocycles. The molecule has 4 aliphatic rings. The van der Waals surface area contributed by atoms with E-state index in [0.29, 0.717) is 17.9 Å². The molecule has 34 heavy (non-hydrogen) atoms. The Balaban J connectivity index is 0.00000162. The largest absolute Gasteiger partial charge is 0.379 e. The van der Waals surface area contributed by atoms with Crippen LogP contribution < -0.4 is 15.5 Å². The second kappa shape index (κ2) is 12.8. The number of anilines is 1.